The van der Waals surface area contributed by atoms with Crippen molar-refractivity contribution in [1.29, 1.82) is 0 Å². The summed E-state index contributed by atoms with van der Waals surface area (Å²) in [5, 5.41) is 4.10. The summed E-state index contributed by atoms with van der Waals surface area (Å²) in [5.74, 6) is 1.82. The van der Waals surface area contributed by atoms with E-state index in [1.807, 2.05) is 0 Å². The highest BCUT2D eigenvalue weighted by atomic mass is 35.5. The topological polar surface area (TPSA) is 84.9 Å². The molecule has 0 aliphatic rings. The molecule has 0 aromatic heterocycles. The number of carbonyl (C=O) groups excluding carboxylic acids is 1. The zero-order valence-electron chi connectivity index (χ0n) is 20.0. The highest BCUT2D eigenvalue weighted by molar-refractivity contribution is 7.98. The number of rotatable bonds is 11. The van der Waals surface area contributed by atoms with Crippen molar-refractivity contribution in [3.63, 3.8) is 0 Å². The number of benzene rings is 3. The summed E-state index contributed by atoms with van der Waals surface area (Å²) in [7, 11) is 0.508. The first-order chi connectivity index (χ1) is 17.2. The third-order valence-electron chi connectivity index (χ3n) is 5.35. The van der Waals surface area contributed by atoms with Gasteiger partial charge in [0.2, 0.25) is 0 Å². The summed E-state index contributed by atoms with van der Waals surface area (Å²) in [5.41, 5.74) is 1.71. The van der Waals surface area contributed by atoms with Gasteiger partial charge in [0.05, 0.1) is 24.8 Å². The summed E-state index contributed by atoms with van der Waals surface area (Å²) < 4.78 is 37.7. The van der Waals surface area contributed by atoms with Gasteiger partial charge in [0, 0.05) is 46.8 Å². The maximum absolute atomic E-state index is 13.1. The number of hydrogen-bond donors (Lipinski definition) is 1. The Hall–Kier alpha value is -2.59. The minimum atomic E-state index is -3.86. The van der Waals surface area contributed by atoms with Gasteiger partial charge in [0.1, 0.15) is 0 Å². The van der Waals surface area contributed by atoms with Crippen molar-refractivity contribution < 1.29 is 22.7 Å². The highest BCUT2D eigenvalue weighted by Gasteiger charge is 2.23. The van der Waals surface area contributed by atoms with Crippen LogP contribution < -0.4 is 19.1 Å². The lowest BCUT2D eigenvalue weighted by Crippen LogP contribution is -2.27. The number of amides is 1. The molecule has 0 bridgehead atoms. The minimum Gasteiger partial charge on any atom is -0.493 e. The fourth-order valence-electron chi connectivity index (χ4n) is 3.28. The van der Waals surface area contributed by atoms with Gasteiger partial charge in [0.15, 0.2) is 11.5 Å². The van der Waals surface area contributed by atoms with Crippen LogP contribution in [0.25, 0.3) is 0 Å². The monoisotopic (exact) mass is 568 g/mol. The average Bonchev–Trinajstić information content (AvgIpc) is 2.88. The maximum Gasteiger partial charge on any atom is 0.264 e. The number of ether oxygens (including phenoxy) is 2. The van der Waals surface area contributed by atoms with Crippen LogP contribution in [0.2, 0.25) is 10.0 Å². The Kier molecular flexibility index (Phi) is 9.78. The van der Waals surface area contributed by atoms with E-state index >= 15 is 0 Å². The van der Waals surface area contributed by atoms with E-state index < -0.39 is 10.0 Å². The number of sulfonamides is 1. The van der Waals surface area contributed by atoms with Crippen molar-refractivity contribution in [2.24, 2.45) is 0 Å². The summed E-state index contributed by atoms with van der Waals surface area (Å²) >= 11 is 14.0. The van der Waals surface area contributed by atoms with E-state index in [0.717, 1.165) is 9.87 Å². The van der Waals surface area contributed by atoms with Gasteiger partial charge in [-0.05, 0) is 54.1 Å². The second-order valence-electron chi connectivity index (χ2n) is 7.54. The average molecular weight is 570 g/mol. The van der Waals surface area contributed by atoms with Gasteiger partial charge in [-0.3, -0.25) is 9.10 Å². The van der Waals surface area contributed by atoms with E-state index in [2.05, 4.69) is 5.32 Å². The molecule has 36 heavy (non-hydrogen) atoms. The number of anilines is 1. The molecule has 0 radical (unpaired) electrons. The normalized spacial score (nSPS) is 11.1. The number of thioether (sulfide) groups is 1. The summed E-state index contributed by atoms with van der Waals surface area (Å²) in [4.78, 5) is 12.6. The molecule has 0 unspecified atom stereocenters. The highest BCUT2D eigenvalue weighted by Crippen LogP contribution is 2.32. The smallest absolute Gasteiger partial charge is 0.264 e. The molecule has 0 aliphatic heterocycles. The molecule has 0 saturated heterocycles. The van der Waals surface area contributed by atoms with Crippen molar-refractivity contribution in [3.05, 3.63) is 81.8 Å². The first-order valence-electron chi connectivity index (χ1n) is 10.8. The van der Waals surface area contributed by atoms with Gasteiger partial charge >= 0.3 is 0 Å². The Morgan fingerprint density at radius 2 is 1.61 bits per heavy atom. The predicted molar refractivity (Wildman–Crippen MR) is 147 cm³/mol. The molecule has 0 spiro atoms. The molecular weight excluding hydrogens is 543 g/mol. The number of nitrogens with one attached hydrogen (secondary N) is 1. The van der Waals surface area contributed by atoms with E-state index in [-0.39, 0.29) is 10.8 Å². The molecule has 11 heteroatoms. The Morgan fingerprint density at radius 1 is 0.972 bits per heavy atom. The van der Waals surface area contributed by atoms with Crippen molar-refractivity contribution in [2.45, 2.75) is 10.6 Å². The summed E-state index contributed by atoms with van der Waals surface area (Å²) in [6.07, 6.45) is 0. The maximum atomic E-state index is 13.1. The van der Waals surface area contributed by atoms with Crippen LogP contribution in [-0.4, -0.2) is 47.9 Å². The predicted octanol–water partition coefficient (Wildman–Crippen LogP) is 5.50. The largest absolute Gasteiger partial charge is 0.493 e. The molecule has 0 fully saturated rings. The number of hydrogen-bond acceptors (Lipinski definition) is 6. The van der Waals surface area contributed by atoms with Crippen LogP contribution in [0.4, 0.5) is 5.69 Å². The number of carbonyl (C=O) groups is 1. The van der Waals surface area contributed by atoms with Crippen LogP contribution >= 0.6 is 35.0 Å². The van der Waals surface area contributed by atoms with Gasteiger partial charge in [-0.15, -0.1) is 0 Å². The molecule has 1 amide bonds. The fraction of sp³-hybridized carbons (Fsp3) is 0.240. The Morgan fingerprint density at radius 3 is 2.22 bits per heavy atom. The third-order valence-corrected chi connectivity index (χ3v) is 8.82. The molecule has 3 aromatic carbocycles. The quantitative estimate of drug-likeness (QED) is 0.307. The number of methoxy groups -OCH3 is 2. The van der Waals surface area contributed by atoms with Crippen LogP contribution in [0.5, 0.6) is 11.5 Å². The molecule has 1 N–H and O–H groups in total. The lowest BCUT2D eigenvalue weighted by molar-refractivity contribution is 0.0956. The van der Waals surface area contributed by atoms with Crippen molar-refractivity contribution >= 4 is 56.6 Å². The van der Waals surface area contributed by atoms with E-state index in [9.17, 15) is 13.2 Å². The van der Waals surface area contributed by atoms with Crippen LogP contribution in [0.1, 0.15) is 15.9 Å². The standard InChI is InChI=1S/C25H26Cl2N2O5S2/c1-29(36(31,32)19-11-12-23(33-2)24(15-19)34-3)18-9-7-17(8-10-18)25(30)28-13-14-35-16-20-21(26)5-4-6-22(20)27/h4-12,15H,13-14,16H2,1-3H3,(H,28,30). The second kappa shape index (κ2) is 12.6. The lowest BCUT2D eigenvalue weighted by atomic mass is 10.2. The van der Waals surface area contributed by atoms with Crippen LogP contribution in [0.15, 0.2) is 65.6 Å². The Balaban J connectivity index is 1.57. The zero-order valence-corrected chi connectivity index (χ0v) is 23.1. The Labute approximate surface area is 225 Å². The van der Waals surface area contributed by atoms with Crippen molar-refractivity contribution in [3.8, 4) is 11.5 Å². The molecule has 0 saturated carbocycles. The summed E-state index contributed by atoms with van der Waals surface area (Å²) in [6, 6.07) is 16.1. The first kappa shape index (κ1) is 28.0. The second-order valence-corrected chi connectivity index (χ2v) is 11.4. The van der Waals surface area contributed by atoms with E-state index in [0.29, 0.717) is 50.8 Å². The van der Waals surface area contributed by atoms with Gasteiger partial charge in [-0.1, -0.05) is 29.3 Å². The minimum absolute atomic E-state index is 0.0556. The SMILES string of the molecule is COc1ccc(S(=O)(=O)N(C)c2ccc(C(=O)NCCSCc3c(Cl)cccc3Cl)cc2)cc1OC. The Bertz CT molecular complexity index is 1300. The van der Waals surface area contributed by atoms with Crippen molar-refractivity contribution in [2.75, 3.05) is 37.9 Å². The molecule has 3 rings (SSSR count). The third kappa shape index (κ3) is 6.59. The molecule has 0 aliphatic carbocycles. The molecule has 192 valence electrons. The first-order valence-corrected chi connectivity index (χ1v) is 14.1. The molecular formula is C25H26Cl2N2O5S2. The molecule has 3 aromatic rings. The van der Waals surface area contributed by atoms with Gasteiger partial charge in [0.25, 0.3) is 15.9 Å². The van der Waals surface area contributed by atoms with Crippen LogP contribution in [0, 0.1) is 0 Å². The fourth-order valence-corrected chi connectivity index (χ4v) is 6.09. The molecule has 0 atom stereocenters. The van der Waals surface area contributed by atoms with E-state index in [1.54, 1.807) is 54.2 Å². The van der Waals surface area contributed by atoms with Crippen molar-refractivity contribution in [1.82, 2.24) is 5.32 Å². The lowest BCUT2D eigenvalue weighted by Gasteiger charge is -2.20. The van der Waals surface area contributed by atoms with Crippen LogP contribution in [0.3, 0.4) is 0 Å². The van der Waals surface area contributed by atoms with Gasteiger partial charge in [-0.2, -0.15) is 11.8 Å². The van der Waals surface area contributed by atoms with Gasteiger partial charge < -0.3 is 14.8 Å². The summed E-state index contributed by atoms with van der Waals surface area (Å²) in [6.45, 7) is 0.459. The number of halogens is 2. The van der Waals surface area contributed by atoms with E-state index in [4.69, 9.17) is 32.7 Å². The van der Waals surface area contributed by atoms with Crippen LogP contribution in [-0.2, 0) is 15.8 Å². The van der Waals surface area contributed by atoms with E-state index in [1.165, 1.54) is 39.5 Å². The van der Waals surface area contributed by atoms with Gasteiger partial charge in [-0.25, -0.2) is 8.42 Å². The zero-order chi connectivity index (χ0) is 26.3. The molecule has 7 nitrogen and oxygen atoms in total. The number of nitrogens with zero attached hydrogens (tertiary/aromatic N) is 1. The molecule has 0 heterocycles.